The Balaban J connectivity index is 2.63. The van der Waals surface area contributed by atoms with E-state index in [1.165, 1.54) is 30.4 Å². The van der Waals surface area contributed by atoms with Crippen molar-refractivity contribution in [3.05, 3.63) is 35.4 Å². The molecule has 0 aromatic heterocycles. The lowest BCUT2D eigenvalue weighted by Gasteiger charge is -2.16. The second kappa shape index (κ2) is 5.92. The molecule has 1 rings (SSSR count). The Morgan fingerprint density at radius 1 is 1.13 bits per heavy atom. The molecule has 0 bridgehead atoms. The molecule has 0 amide bonds. The molecule has 2 N–H and O–H groups in total. The van der Waals surface area contributed by atoms with E-state index in [0.29, 0.717) is 5.92 Å². The molecule has 0 spiro atoms. The van der Waals surface area contributed by atoms with Gasteiger partial charge >= 0.3 is 0 Å². The SMILES string of the molecule is CCCCc1ccc([C@@H](N)C(C)C)cc1. The molecule has 0 saturated heterocycles. The van der Waals surface area contributed by atoms with Crippen LogP contribution in [0, 0.1) is 5.92 Å². The summed E-state index contributed by atoms with van der Waals surface area (Å²) in [7, 11) is 0. The van der Waals surface area contributed by atoms with Gasteiger partial charge in [-0.05, 0) is 29.9 Å². The maximum atomic E-state index is 6.09. The molecular formula is C14H23N. The fourth-order valence-electron chi connectivity index (χ4n) is 1.67. The van der Waals surface area contributed by atoms with Gasteiger partial charge in [0, 0.05) is 6.04 Å². The number of hydrogen-bond acceptors (Lipinski definition) is 1. The number of rotatable bonds is 5. The highest BCUT2D eigenvalue weighted by Crippen LogP contribution is 2.19. The second-order valence-electron chi connectivity index (χ2n) is 4.61. The normalized spacial score (nSPS) is 13.1. The summed E-state index contributed by atoms with van der Waals surface area (Å²) in [4.78, 5) is 0. The largest absolute Gasteiger partial charge is 0.324 e. The molecule has 0 heterocycles. The average Bonchev–Trinajstić information content (AvgIpc) is 2.26. The number of unbranched alkanes of at least 4 members (excludes halogenated alkanes) is 1. The van der Waals surface area contributed by atoms with E-state index in [9.17, 15) is 0 Å². The molecule has 1 atom stereocenters. The van der Waals surface area contributed by atoms with Crippen molar-refractivity contribution >= 4 is 0 Å². The summed E-state index contributed by atoms with van der Waals surface area (Å²) < 4.78 is 0. The van der Waals surface area contributed by atoms with E-state index in [4.69, 9.17) is 5.73 Å². The summed E-state index contributed by atoms with van der Waals surface area (Å²) in [5.74, 6) is 0.506. The molecule has 0 fully saturated rings. The summed E-state index contributed by atoms with van der Waals surface area (Å²) in [6.45, 7) is 6.55. The van der Waals surface area contributed by atoms with Crippen LogP contribution in [-0.2, 0) is 6.42 Å². The first-order valence-corrected chi connectivity index (χ1v) is 5.99. The molecule has 0 saturated carbocycles. The van der Waals surface area contributed by atoms with Gasteiger partial charge in [-0.3, -0.25) is 0 Å². The monoisotopic (exact) mass is 205 g/mol. The van der Waals surface area contributed by atoms with Crippen LogP contribution in [0.15, 0.2) is 24.3 Å². The molecule has 0 aliphatic heterocycles. The minimum absolute atomic E-state index is 0.172. The Morgan fingerprint density at radius 2 is 1.73 bits per heavy atom. The van der Waals surface area contributed by atoms with Gasteiger partial charge in [0.1, 0.15) is 0 Å². The van der Waals surface area contributed by atoms with Crippen molar-refractivity contribution in [1.29, 1.82) is 0 Å². The van der Waals surface area contributed by atoms with Crippen LogP contribution in [0.2, 0.25) is 0 Å². The molecule has 1 aromatic rings. The Kier molecular flexibility index (Phi) is 4.83. The van der Waals surface area contributed by atoms with Crippen LogP contribution in [0.25, 0.3) is 0 Å². The van der Waals surface area contributed by atoms with E-state index < -0.39 is 0 Å². The Morgan fingerprint density at radius 3 is 2.20 bits per heavy atom. The number of hydrogen-bond donors (Lipinski definition) is 1. The number of aryl methyl sites for hydroxylation is 1. The van der Waals surface area contributed by atoms with E-state index in [1.807, 2.05) is 0 Å². The zero-order valence-corrected chi connectivity index (χ0v) is 10.2. The van der Waals surface area contributed by atoms with E-state index in [0.717, 1.165) is 0 Å². The Labute approximate surface area is 93.7 Å². The summed E-state index contributed by atoms with van der Waals surface area (Å²) in [6, 6.07) is 8.96. The van der Waals surface area contributed by atoms with E-state index in [2.05, 4.69) is 45.0 Å². The van der Waals surface area contributed by atoms with Crippen LogP contribution in [0.5, 0.6) is 0 Å². The van der Waals surface area contributed by atoms with Crippen molar-refractivity contribution in [3.8, 4) is 0 Å². The average molecular weight is 205 g/mol. The predicted molar refractivity (Wildman–Crippen MR) is 66.8 cm³/mol. The molecule has 1 nitrogen and oxygen atoms in total. The zero-order chi connectivity index (χ0) is 11.3. The van der Waals surface area contributed by atoms with Crippen LogP contribution in [0.4, 0.5) is 0 Å². The molecule has 0 radical (unpaired) electrons. The molecule has 84 valence electrons. The topological polar surface area (TPSA) is 26.0 Å². The van der Waals surface area contributed by atoms with Crippen molar-refractivity contribution in [2.75, 3.05) is 0 Å². The first-order valence-electron chi connectivity index (χ1n) is 5.99. The number of nitrogens with two attached hydrogens (primary N) is 1. The summed E-state index contributed by atoms with van der Waals surface area (Å²) in [6.07, 6.45) is 3.72. The summed E-state index contributed by atoms with van der Waals surface area (Å²) in [5, 5.41) is 0. The highest BCUT2D eigenvalue weighted by atomic mass is 14.6. The quantitative estimate of drug-likeness (QED) is 0.779. The highest BCUT2D eigenvalue weighted by molar-refractivity contribution is 5.25. The third-order valence-corrected chi connectivity index (χ3v) is 2.90. The first-order chi connectivity index (χ1) is 7.15. The van der Waals surface area contributed by atoms with E-state index in [1.54, 1.807) is 0 Å². The van der Waals surface area contributed by atoms with Gasteiger partial charge in [0.25, 0.3) is 0 Å². The van der Waals surface area contributed by atoms with Crippen LogP contribution < -0.4 is 5.73 Å². The lowest BCUT2D eigenvalue weighted by Crippen LogP contribution is -2.16. The fourth-order valence-corrected chi connectivity index (χ4v) is 1.67. The lowest BCUT2D eigenvalue weighted by molar-refractivity contribution is 0.514. The predicted octanol–water partition coefficient (Wildman–Crippen LogP) is 3.69. The highest BCUT2D eigenvalue weighted by Gasteiger charge is 2.09. The van der Waals surface area contributed by atoms with Crippen molar-refractivity contribution in [2.45, 2.75) is 46.1 Å². The molecular weight excluding hydrogens is 182 g/mol. The van der Waals surface area contributed by atoms with Gasteiger partial charge in [-0.15, -0.1) is 0 Å². The molecule has 0 aliphatic rings. The van der Waals surface area contributed by atoms with Crippen LogP contribution in [0.1, 0.15) is 50.8 Å². The third-order valence-electron chi connectivity index (χ3n) is 2.90. The molecule has 1 aromatic carbocycles. The molecule has 1 heteroatoms. The van der Waals surface area contributed by atoms with Gasteiger partial charge in [0.2, 0.25) is 0 Å². The lowest BCUT2D eigenvalue weighted by atomic mass is 9.95. The van der Waals surface area contributed by atoms with Crippen LogP contribution in [0.3, 0.4) is 0 Å². The maximum Gasteiger partial charge on any atom is 0.0318 e. The fraction of sp³-hybridized carbons (Fsp3) is 0.571. The maximum absolute atomic E-state index is 6.09. The molecule has 15 heavy (non-hydrogen) atoms. The first kappa shape index (κ1) is 12.3. The number of benzene rings is 1. The molecule has 0 aliphatic carbocycles. The van der Waals surface area contributed by atoms with Crippen molar-refractivity contribution in [1.82, 2.24) is 0 Å². The van der Waals surface area contributed by atoms with Gasteiger partial charge in [-0.25, -0.2) is 0 Å². The molecule has 0 unspecified atom stereocenters. The van der Waals surface area contributed by atoms with Gasteiger partial charge in [0.05, 0.1) is 0 Å². The van der Waals surface area contributed by atoms with Crippen molar-refractivity contribution in [3.63, 3.8) is 0 Å². The van der Waals surface area contributed by atoms with E-state index >= 15 is 0 Å². The van der Waals surface area contributed by atoms with Gasteiger partial charge in [0.15, 0.2) is 0 Å². The Bertz CT molecular complexity index is 274. The van der Waals surface area contributed by atoms with Gasteiger partial charge in [-0.1, -0.05) is 51.5 Å². The van der Waals surface area contributed by atoms with Crippen LogP contribution >= 0.6 is 0 Å². The summed E-state index contributed by atoms with van der Waals surface area (Å²) >= 11 is 0. The minimum atomic E-state index is 0.172. The van der Waals surface area contributed by atoms with Gasteiger partial charge < -0.3 is 5.73 Å². The smallest absolute Gasteiger partial charge is 0.0318 e. The minimum Gasteiger partial charge on any atom is -0.324 e. The van der Waals surface area contributed by atoms with Gasteiger partial charge in [-0.2, -0.15) is 0 Å². The summed E-state index contributed by atoms with van der Waals surface area (Å²) in [5.41, 5.74) is 8.77. The van der Waals surface area contributed by atoms with Crippen molar-refractivity contribution < 1.29 is 0 Å². The standard InChI is InChI=1S/C14H23N/c1-4-5-6-12-7-9-13(10-8-12)14(15)11(2)3/h7-11,14H,4-6,15H2,1-3H3/t14-/m0/s1. The van der Waals surface area contributed by atoms with Crippen LogP contribution in [-0.4, -0.2) is 0 Å². The van der Waals surface area contributed by atoms with E-state index in [-0.39, 0.29) is 6.04 Å². The Hall–Kier alpha value is -0.820. The zero-order valence-electron chi connectivity index (χ0n) is 10.2. The van der Waals surface area contributed by atoms with Crippen molar-refractivity contribution in [2.24, 2.45) is 11.7 Å². The third kappa shape index (κ3) is 3.67. The second-order valence-corrected chi connectivity index (χ2v) is 4.61.